The largest absolute Gasteiger partial charge is 0.267 e. The molecule has 0 bridgehead atoms. The van der Waals surface area contributed by atoms with E-state index >= 15 is 0 Å². The molecular weight excluding hydrogens is 160 g/mol. The first-order valence-electron chi connectivity index (χ1n) is 4.89. The molecule has 2 nitrogen and oxygen atoms in total. The van der Waals surface area contributed by atoms with Crippen LogP contribution in [0.25, 0.3) is 0 Å². The molecule has 0 atom stereocenters. The summed E-state index contributed by atoms with van der Waals surface area (Å²) in [6.45, 7) is 13.0. The van der Waals surface area contributed by atoms with E-state index in [1.807, 2.05) is 0 Å². The van der Waals surface area contributed by atoms with E-state index in [0.717, 1.165) is 0 Å². The molecule has 2 heteroatoms. The van der Waals surface area contributed by atoms with E-state index in [1.165, 1.54) is 11.4 Å². The molecule has 1 aromatic rings. The Hall–Kier alpha value is -0.790. The Morgan fingerprint density at radius 3 is 2.08 bits per heavy atom. The van der Waals surface area contributed by atoms with Gasteiger partial charge in [-0.25, -0.2) is 0 Å². The molecule has 0 aromatic carbocycles. The van der Waals surface area contributed by atoms with Gasteiger partial charge in [0.25, 0.3) is 0 Å². The topological polar surface area (TPSA) is 17.8 Å². The van der Waals surface area contributed by atoms with Gasteiger partial charge in [-0.15, -0.1) is 0 Å². The van der Waals surface area contributed by atoms with Crippen LogP contribution in [0.3, 0.4) is 0 Å². The summed E-state index contributed by atoms with van der Waals surface area (Å²) < 4.78 is 2.08. The summed E-state index contributed by atoms with van der Waals surface area (Å²) in [5.41, 5.74) is 2.59. The van der Waals surface area contributed by atoms with E-state index in [4.69, 9.17) is 0 Å². The highest BCUT2D eigenvalue weighted by molar-refractivity contribution is 5.16. The van der Waals surface area contributed by atoms with Gasteiger partial charge in [-0.3, -0.25) is 4.68 Å². The monoisotopic (exact) mass is 180 g/mol. The number of nitrogens with zero attached hydrogens (tertiary/aromatic N) is 2. The van der Waals surface area contributed by atoms with Gasteiger partial charge < -0.3 is 0 Å². The summed E-state index contributed by atoms with van der Waals surface area (Å²) in [6, 6.07) is 2.64. The van der Waals surface area contributed by atoms with E-state index in [1.54, 1.807) is 0 Å². The molecule has 0 saturated heterocycles. The Kier molecular flexibility index (Phi) is 2.51. The first kappa shape index (κ1) is 10.3. The Bertz CT molecular complexity index is 290. The molecule has 0 saturated carbocycles. The summed E-state index contributed by atoms with van der Waals surface area (Å²) in [7, 11) is 0. The standard InChI is InChI=1S/C11H20N2/c1-8(2)13-9(3)7-10(12-13)11(4,5)6/h7-8H,1-6H3. The van der Waals surface area contributed by atoms with Crippen LogP contribution in [0.5, 0.6) is 0 Å². The van der Waals surface area contributed by atoms with Gasteiger partial charge in [0.05, 0.1) is 5.69 Å². The van der Waals surface area contributed by atoms with Crippen molar-refractivity contribution in [1.82, 2.24) is 9.78 Å². The molecule has 0 N–H and O–H groups in total. The molecule has 1 heterocycles. The highest BCUT2D eigenvalue weighted by Crippen LogP contribution is 2.22. The fraction of sp³-hybridized carbons (Fsp3) is 0.727. The Morgan fingerprint density at radius 2 is 1.85 bits per heavy atom. The van der Waals surface area contributed by atoms with Gasteiger partial charge >= 0.3 is 0 Å². The normalized spacial score (nSPS) is 12.5. The maximum Gasteiger partial charge on any atom is 0.0680 e. The molecular formula is C11H20N2. The van der Waals surface area contributed by atoms with Crippen molar-refractivity contribution in [3.63, 3.8) is 0 Å². The zero-order valence-electron chi connectivity index (χ0n) is 9.55. The first-order valence-corrected chi connectivity index (χ1v) is 4.89. The molecule has 0 amide bonds. The van der Waals surface area contributed by atoms with Crippen molar-refractivity contribution in [3.8, 4) is 0 Å². The summed E-state index contributed by atoms with van der Waals surface area (Å²) in [4.78, 5) is 0. The molecule has 1 rings (SSSR count). The lowest BCUT2D eigenvalue weighted by atomic mass is 9.92. The quantitative estimate of drug-likeness (QED) is 0.649. The second-order valence-electron chi connectivity index (χ2n) is 4.96. The SMILES string of the molecule is Cc1cc(C(C)(C)C)nn1C(C)C. The maximum atomic E-state index is 4.60. The van der Waals surface area contributed by atoms with E-state index in [9.17, 15) is 0 Å². The lowest BCUT2D eigenvalue weighted by Crippen LogP contribution is -2.13. The number of rotatable bonds is 1. The van der Waals surface area contributed by atoms with Gasteiger partial charge in [0.1, 0.15) is 0 Å². The van der Waals surface area contributed by atoms with Crippen LogP contribution in [0.1, 0.15) is 52.0 Å². The summed E-state index contributed by atoms with van der Waals surface area (Å²) >= 11 is 0. The summed E-state index contributed by atoms with van der Waals surface area (Å²) in [5, 5.41) is 4.60. The van der Waals surface area contributed by atoms with Crippen LogP contribution in [0, 0.1) is 6.92 Å². The second kappa shape index (κ2) is 3.17. The van der Waals surface area contributed by atoms with Gasteiger partial charge in [0, 0.05) is 17.2 Å². The zero-order valence-corrected chi connectivity index (χ0v) is 9.55. The molecule has 74 valence electrons. The van der Waals surface area contributed by atoms with Crippen LogP contribution in [-0.4, -0.2) is 9.78 Å². The average Bonchev–Trinajstić information content (AvgIpc) is 2.29. The van der Waals surface area contributed by atoms with Crippen molar-refractivity contribution < 1.29 is 0 Å². The number of aryl methyl sites for hydroxylation is 1. The minimum absolute atomic E-state index is 0.158. The maximum absolute atomic E-state index is 4.60. The van der Waals surface area contributed by atoms with Crippen molar-refractivity contribution >= 4 is 0 Å². The molecule has 0 unspecified atom stereocenters. The predicted octanol–water partition coefficient (Wildman–Crippen LogP) is 3.07. The molecule has 0 aliphatic rings. The van der Waals surface area contributed by atoms with Crippen molar-refractivity contribution in [2.24, 2.45) is 0 Å². The van der Waals surface area contributed by atoms with Gasteiger partial charge in [0.15, 0.2) is 0 Å². The summed E-state index contributed by atoms with van der Waals surface area (Å²) in [5.74, 6) is 0. The molecule has 0 aliphatic heterocycles. The minimum atomic E-state index is 0.158. The molecule has 0 fully saturated rings. The lowest BCUT2D eigenvalue weighted by Gasteiger charge is -2.14. The van der Waals surface area contributed by atoms with Gasteiger partial charge in [-0.05, 0) is 26.8 Å². The molecule has 13 heavy (non-hydrogen) atoms. The molecule has 0 spiro atoms. The van der Waals surface area contributed by atoms with Crippen molar-refractivity contribution in [1.29, 1.82) is 0 Å². The van der Waals surface area contributed by atoms with Gasteiger partial charge in [-0.2, -0.15) is 5.10 Å². The van der Waals surface area contributed by atoms with Crippen LogP contribution >= 0.6 is 0 Å². The predicted molar refractivity (Wildman–Crippen MR) is 56.0 cm³/mol. The van der Waals surface area contributed by atoms with Gasteiger partial charge in [0.2, 0.25) is 0 Å². The third-order valence-electron chi connectivity index (χ3n) is 2.18. The fourth-order valence-electron chi connectivity index (χ4n) is 1.38. The van der Waals surface area contributed by atoms with E-state index in [-0.39, 0.29) is 5.41 Å². The highest BCUT2D eigenvalue weighted by atomic mass is 15.3. The third kappa shape index (κ3) is 2.11. The Labute approximate surface area is 81.0 Å². The zero-order chi connectivity index (χ0) is 10.2. The van der Waals surface area contributed by atoms with Crippen molar-refractivity contribution in [2.75, 3.05) is 0 Å². The number of hydrogen-bond acceptors (Lipinski definition) is 1. The van der Waals surface area contributed by atoms with Crippen LogP contribution in [-0.2, 0) is 5.41 Å². The van der Waals surface area contributed by atoms with E-state index < -0.39 is 0 Å². The highest BCUT2D eigenvalue weighted by Gasteiger charge is 2.18. The number of aromatic nitrogens is 2. The molecule has 0 aliphatic carbocycles. The van der Waals surface area contributed by atoms with Crippen LogP contribution in [0.4, 0.5) is 0 Å². The number of hydrogen-bond donors (Lipinski definition) is 0. The van der Waals surface area contributed by atoms with Gasteiger partial charge in [-0.1, -0.05) is 20.8 Å². The Balaban J connectivity index is 3.10. The average molecular weight is 180 g/mol. The third-order valence-corrected chi connectivity index (χ3v) is 2.18. The van der Waals surface area contributed by atoms with E-state index in [0.29, 0.717) is 6.04 Å². The molecule has 1 aromatic heterocycles. The molecule has 0 radical (unpaired) electrons. The van der Waals surface area contributed by atoms with E-state index in [2.05, 4.69) is 57.4 Å². The minimum Gasteiger partial charge on any atom is -0.267 e. The lowest BCUT2D eigenvalue weighted by molar-refractivity contribution is 0.487. The summed E-state index contributed by atoms with van der Waals surface area (Å²) in [6.07, 6.45) is 0. The fourth-order valence-corrected chi connectivity index (χ4v) is 1.38. The second-order valence-corrected chi connectivity index (χ2v) is 4.96. The smallest absolute Gasteiger partial charge is 0.0680 e. The Morgan fingerprint density at radius 1 is 1.31 bits per heavy atom. The first-order chi connectivity index (χ1) is 5.82. The van der Waals surface area contributed by atoms with Crippen LogP contribution in [0.15, 0.2) is 6.07 Å². The van der Waals surface area contributed by atoms with Crippen LogP contribution in [0.2, 0.25) is 0 Å². The van der Waals surface area contributed by atoms with Crippen molar-refractivity contribution in [2.45, 2.75) is 53.0 Å². The van der Waals surface area contributed by atoms with Crippen LogP contribution < -0.4 is 0 Å². The van der Waals surface area contributed by atoms with Crippen molar-refractivity contribution in [3.05, 3.63) is 17.5 Å².